The van der Waals surface area contributed by atoms with E-state index < -0.39 is 23.7 Å². The maximum atomic E-state index is 12.8. The molecule has 2 amide bonds. The lowest BCUT2D eigenvalue weighted by Crippen LogP contribution is -2.47. The lowest BCUT2D eigenvalue weighted by atomic mass is 10.3. The summed E-state index contributed by atoms with van der Waals surface area (Å²) < 4.78 is 21.7. The number of nitrogens with one attached hydrogen (secondary N) is 2. The van der Waals surface area contributed by atoms with Crippen molar-refractivity contribution in [1.82, 2.24) is 20.4 Å². The van der Waals surface area contributed by atoms with Crippen molar-refractivity contribution in [3.8, 4) is 5.75 Å². The van der Waals surface area contributed by atoms with E-state index in [4.69, 9.17) is 4.74 Å². The van der Waals surface area contributed by atoms with Gasteiger partial charge in [0.15, 0.2) is 6.10 Å². The fourth-order valence-corrected chi connectivity index (χ4v) is 2.04. The fourth-order valence-electron chi connectivity index (χ4n) is 1.49. The number of amides is 2. The molecule has 0 bridgehead atoms. The molecule has 0 radical (unpaired) electrons. The molecule has 1 aromatic carbocycles. The summed E-state index contributed by atoms with van der Waals surface area (Å²) in [5.74, 6) is -1.11. The largest absolute Gasteiger partial charge is 0.481 e. The predicted octanol–water partition coefficient (Wildman–Crippen LogP) is 1.21. The van der Waals surface area contributed by atoms with Gasteiger partial charge in [-0.25, -0.2) is 4.39 Å². The Labute approximate surface area is 129 Å². The number of benzene rings is 1. The van der Waals surface area contributed by atoms with E-state index in [0.717, 1.165) is 11.5 Å². The summed E-state index contributed by atoms with van der Waals surface area (Å²) in [7, 11) is 0. The molecule has 0 fully saturated rings. The summed E-state index contributed by atoms with van der Waals surface area (Å²) in [5, 5.41) is 3.70. The van der Waals surface area contributed by atoms with Crippen LogP contribution in [0.25, 0.3) is 0 Å². The summed E-state index contributed by atoms with van der Waals surface area (Å²) in [4.78, 5) is 23.9. The maximum absolute atomic E-state index is 12.8. The SMILES string of the molecule is Cc1nnsc1C(=O)NNC(=O)[C@@H](C)Oc1ccc(F)cc1. The number of aromatic nitrogens is 2. The van der Waals surface area contributed by atoms with Gasteiger partial charge in [-0.3, -0.25) is 20.4 Å². The Bertz CT molecular complexity index is 674. The number of halogens is 1. The van der Waals surface area contributed by atoms with Gasteiger partial charge in [0.25, 0.3) is 11.8 Å². The third-order valence-electron chi connectivity index (χ3n) is 2.65. The maximum Gasteiger partial charge on any atom is 0.283 e. The third kappa shape index (κ3) is 3.98. The number of carbonyl (C=O) groups is 2. The van der Waals surface area contributed by atoms with Gasteiger partial charge in [-0.2, -0.15) is 0 Å². The number of rotatable bonds is 4. The van der Waals surface area contributed by atoms with Crippen LogP contribution in [0, 0.1) is 12.7 Å². The topological polar surface area (TPSA) is 93.2 Å². The summed E-state index contributed by atoms with van der Waals surface area (Å²) in [6, 6.07) is 5.26. The van der Waals surface area contributed by atoms with Gasteiger partial charge in [-0.15, -0.1) is 5.10 Å². The van der Waals surface area contributed by atoms with Gasteiger partial charge in [-0.05, 0) is 49.6 Å². The molecule has 0 unspecified atom stereocenters. The van der Waals surface area contributed by atoms with Crippen LogP contribution < -0.4 is 15.6 Å². The third-order valence-corrected chi connectivity index (χ3v) is 3.48. The molecule has 0 saturated heterocycles. The van der Waals surface area contributed by atoms with Crippen molar-refractivity contribution in [3.05, 3.63) is 40.7 Å². The number of nitrogens with zero attached hydrogens (tertiary/aromatic N) is 2. The van der Waals surface area contributed by atoms with Crippen molar-refractivity contribution in [3.63, 3.8) is 0 Å². The molecule has 7 nitrogen and oxygen atoms in total. The molecular weight excluding hydrogens is 311 g/mol. The van der Waals surface area contributed by atoms with E-state index in [-0.39, 0.29) is 0 Å². The van der Waals surface area contributed by atoms with Crippen LogP contribution in [0.5, 0.6) is 5.75 Å². The Kier molecular flexibility index (Phi) is 4.99. The zero-order chi connectivity index (χ0) is 16.1. The average molecular weight is 324 g/mol. The van der Waals surface area contributed by atoms with Gasteiger partial charge in [0, 0.05) is 0 Å². The zero-order valence-electron chi connectivity index (χ0n) is 11.8. The molecule has 0 spiro atoms. The number of hydrogen-bond donors (Lipinski definition) is 2. The number of ether oxygens (including phenoxy) is 1. The molecule has 0 aliphatic rings. The first kappa shape index (κ1) is 15.8. The van der Waals surface area contributed by atoms with Gasteiger partial charge < -0.3 is 4.74 Å². The molecule has 22 heavy (non-hydrogen) atoms. The average Bonchev–Trinajstić information content (AvgIpc) is 2.93. The molecule has 1 heterocycles. The number of carbonyl (C=O) groups excluding carboxylic acids is 2. The van der Waals surface area contributed by atoms with Crippen LogP contribution in [0.1, 0.15) is 22.3 Å². The van der Waals surface area contributed by atoms with Crippen LogP contribution in [-0.4, -0.2) is 27.5 Å². The Balaban J connectivity index is 1.85. The molecule has 1 aromatic heterocycles. The van der Waals surface area contributed by atoms with Crippen molar-refractivity contribution in [2.75, 3.05) is 0 Å². The molecule has 0 aliphatic carbocycles. The predicted molar refractivity (Wildman–Crippen MR) is 76.7 cm³/mol. The molecule has 2 N–H and O–H groups in total. The Morgan fingerprint density at radius 2 is 1.95 bits per heavy atom. The standard InChI is InChI=1S/C13H13FN4O3S/c1-7-11(22-18-15-7)13(20)17-16-12(19)8(2)21-10-5-3-9(14)4-6-10/h3-6,8H,1-2H3,(H,16,19)(H,17,20)/t8-/m1/s1. The number of hydrazine groups is 1. The van der Waals surface area contributed by atoms with Crippen molar-refractivity contribution in [2.24, 2.45) is 0 Å². The quantitative estimate of drug-likeness (QED) is 0.825. The highest BCUT2D eigenvalue weighted by Gasteiger charge is 2.18. The van der Waals surface area contributed by atoms with E-state index in [1.54, 1.807) is 6.92 Å². The second-order valence-electron chi connectivity index (χ2n) is 4.34. The smallest absolute Gasteiger partial charge is 0.283 e. The first-order chi connectivity index (χ1) is 10.5. The minimum Gasteiger partial charge on any atom is -0.481 e. The normalized spacial score (nSPS) is 11.6. The van der Waals surface area contributed by atoms with Gasteiger partial charge in [0.05, 0.1) is 5.69 Å². The molecular formula is C13H13FN4O3S. The van der Waals surface area contributed by atoms with Crippen molar-refractivity contribution in [1.29, 1.82) is 0 Å². The molecule has 2 aromatic rings. The molecule has 9 heteroatoms. The van der Waals surface area contributed by atoms with Crippen LogP contribution in [-0.2, 0) is 4.79 Å². The van der Waals surface area contributed by atoms with Crippen LogP contribution in [0.3, 0.4) is 0 Å². The van der Waals surface area contributed by atoms with Crippen LogP contribution in [0.4, 0.5) is 4.39 Å². The van der Waals surface area contributed by atoms with Gasteiger partial charge >= 0.3 is 0 Å². The van der Waals surface area contributed by atoms with E-state index in [2.05, 4.69) is 20.4 Å². The van der Waals surface area contributed by atoms with Crippen LogP contribution in [0.15, 0.2) is 24.3 Å². The summed E-state index contributed by atoms with van der Waals surface area (Å²) in [6.07, 6.45) is -0.869. The molecule has 0 aliphatic heterocycles. The van der Waals surface area contributed by atoms with Crippen molar-refractivity contribution < 1.29 is 18.7 Å². The number of aryl methyl sites for hydroxylation is 1. The highest BCUT2D eigenvalue weighted by Crippen LogP contribution is 2.13. The molecule has 0 saturated carbocycles. The summed E-state index contributed by atoms with van der Waals surface area (Å²) in [6.45, 7) is 3.14. The van der Waals surface area contributed by atoms with E-state index in [1.807, 2.05) is 0 Å². The van der Waals surface area contributed by atoms with E-state index in [1.165, 1.54) is 31.2 Å². The zero-order valence-corrected chi connectivity index (χ0v) is 12.6. The lowest BCUT2D eigenvalue weighted by Gasteiger charge is -2.14. The van der Waals surface area contributed by atoms with Crippen LogP contribution >= 0.6 is 11.5 Å². The summed E-state index contributed by atoms with van der Waals surface area (Å²) in [5.41, 5.74) is 4.98. The molecule has 1 atom stereocenters. The second-order valence-corrected chi connectivity index (χ2v) is 5.10. The first-order valence-corrected chi connectivity index (χ1v) is 7.06. The molecule has 116 valence electrons. The van der Waals surface area contributed by atoms with Gasteiger partial charge in [0.2, 0.25) is 0 Å². The van der Waals surface area contributed by atoms with Gasteiger partial charge in [-0.1, -0.05) is 4.49 Å². The Hall–Kier alpha value is -2.55. The van der Waals surface area contributed by atoms with Gasteiger partial charge in [0.1, 0.15) is 16.4 Å². The molecule has 2 rings (SSSR count). The number of hydrogen-bond acceptors (Lipinski definition) is 6. The Morgan fingerprint density at radius 3 is 2.55 bits per heavy atom. The Morgan fingerprint density at radius 1 is 1.27 bits per heavy atom. The van der Waals surface area contributed by atoms with E-state index in [9.17, 15) is 14.0 Å². The second kappa shape index (κ2) is 6.94. The van der Waals surface area contributed by atoms with Crippen LogP contribution in [0.2, 0.25) is 0 Å². The van der Waals surface area contributed by atoms with Crippen molar-refractivity contribution in [2.45, 2.75) is 20.0 Å². The lowest BCUT2D eigenvalue weighted by molar-refractivity contribution is -0.128. The highest BCUT2D eigenvalue weighted by atomic mass is 32.1. The summed E-state index contributed by atoms with van der Waals surface area (Å²) >= 11 is 0.930. The van der Waals surface area contributed by atoms with E-state index in [0.29, 0.717) is 16.3 Å². The highest BCUT2D eigenvalue weighted by molar-refractivity contribution is 7.07. The monoisotopic (exact) mass is 324 g/mol. The van der Waals surface area contributed by atoms with E-state index >= 15 is 0 Å². The van der Waals surface area contributed by atoms with Crippen molar-refractivity contribution >= 4 is 23.3 Å². The fraction of sp³-hybridized carbons (Fsp3) is 0.231. The first-order valence-electron chi connectivity index (χ1n) is 6.28. The minimum atomic E-state index is -0.869. The minimum absolute atomic E-state index is 0.312.